The molecule has 0 aliphatic rings. The van der Waals surface area contributed by atoms with E-state index in [9.17, 15) is 4.39 Å². The second kappa shape index (κ2) is 5.60. The number of nitrogens with one attached hydrogen (secondary N) is 1. The lowest BCUT2D eigenvalue weighted by atomic mass is 10.2. The zero-order chi connectivity index (χ0) is 12.3. The van der Waals surface area contributed by atoms with Crippen LogP contribution in [0.1, 0.15) is 18.2 Å². The van der Waals surface area contributed by atoms with Crippen molar-refractivity contribution in [2.45, 2.75) is 19.9 Å². The van der Waals surface area contributed by atoms with Crippen LogP contribution in [0, 0.1) is 5.82 Å². The Morgan fingerprint density at radius 2 is 2.29 bits per heavy atom. The van der Waals surface area contributed by atoms with Crippen LogP contribution in [-0.4, -0.2) is 4.98 Å². The summed E-state index contributed by atoms with van der Waals surface area (Å²) >= 11 is 4.88. The maximum atomic E-state index is 13.5. The highest BCUT2D eigenvalue weighted by atomic mass is 79.9. The van der Waals surface area contributed by atoms with Gasteiger partial charge in [-0.2, -0.15) is 0 Å². The molecule has 0 spiro atoms. The molecule has 0 fully saturated rings. The lowest BCUT2D eigenvalue weighted by molar-refractivity contribution is 0.612. The summed E-state index contributed by atoms with van der Waals surface area (Å²) in [6, 6.07) is 4.93. The Morgan fingerprint density at radius 1 is 1.47 bits per heavy atom. The van der Waals surface area contributed by atoms with E-state index in [1.54, 1.807) is 23.5 Å². The Labute approximate surface area is 112 Å². The van der Waals surface area contributed by atoms with Crippen LogP contribution in [0.15, 0.2) is 28.1 Å². The summed E-state index contributed by atoms with van der Waals surface area (Å²) < 4.78 is 14.3. The van der Waals surface area contributed by atoms with Crippen molar-refractivity contribution >= 4 is 32.4 Å². The van der Waals surface area contributed by atoms with Gasteiger partial charge in [-0.15, -0.1) is 11.3 Å². The van der Waals surface area contributed by atoms with Gasteiger partial charge in [0, 0.05) is 22.0 Å². The Bertz CT molecular complexity index is 513. The van der Waals surface area contributed by atoms with Crippen molar-refractivity contribution in [1.29, 1.82) is 0 Å². The van der Waals surface area contributed by atoms with Crippen molar-refractivity contribution in [3.63, 3.8) is 0 Å². The van der Waals surface area contributed by atoms with Crippen LogP contribution in [0.3, 0.4) is 0 Å². The molecule has 0 amide bonds. The molecule has 1 heterocycles. The number of hydrogen-bond donors (Lipinski definition) is 1. The fourth-order valence-corrected chi connectivity index (χ4v) is 2.60. The van der Waals surface area contributed by atoms with Gasteiger partial charge in [-0.1, -0.05) is 22.9 Å². The summed E-state index contributed by atoms with van der Waals surface area (Å²) in [6.07, 6.45) is 0.920. The lowest BCUT2D eigenvalue weighted by Gasteiger charge is -2.04. The van der Waals surface area contributed by atoms with E-state index in [-0.39, 0.29) is 5.82 Å². The molecule has 0 bridgehead atoms. The minimum Gasteiger partial charge on any atom is -0.357 e. The highest BCUT2D eigenvalue weighted by molar-refractivity contribution is 9.10. The van der Waals surface area contributed by atoms with Crippen molar-refractivity contribution < 1.29 is 4.39 Å². The van der Waals surface area contributed by atoms with Gasteiger partial charge in [-0.05, 0) is 24.6 Å². The molecule has 1 N–H and O–H groups in total. The Hall–Kier alpha value is -0.940. The monoisotopic (exact) mass is 314 g/mol. The second-order valence-electron chi connectivity index (χ2n) is 3.59. The van der Waals surface area contributed by atoms with Crippen LogP contribution in [0.25, 0.3) is 0 Å². The molecule has 0 unspecified atom stereocenters. The van der Waals surface area contributed by atoms with Crippen LogP contribution >= 0.6 is 27.3 Å². The predicted octanol–water partition coefficient (Wildman–Crippen LogP) is 4.22. The molecule has 17 heavy (non-hydrogen) atoms. The number of aryl methyl sites for hydroxylation is 1. The SMILES string of the molecule is CCc1csc(NCc2cc(Br)ccc2F)n1. The summed E-state index contributed by atoms with van der Waals surface area (Å²) in [5.74, 6) is -0.201. The number of thiazole rings is 1. The number of benzene rings is 1. The van der Waals surface area contributed by atoms with Gasteiger partial charge in [0.05, 0.1) is 5.69 Å². The Kier molecular flexibility index (Phi) is 4.12. The van der Waals surface area contributed by atoms with Gasteiger partial charge in [0.2, 0.25) is 0 Å². The van der Waals surface area contributed by atoms with E-state index in [1.807, 2.05) is 5.38 Å². The van der Waals surface area contributed by atoms with Gasteiger partial charge in [0.25, 0.3) is 0 Å². The lowest BCUT2D eigenvalue weighted by Crippen LogP contribution is -2.01. The van der Waals surface area contributed by atoms with Gasteiger partial charge in [-0.3, -0.25) is 0 Å². The average Bonchev–Trinajstić information content (AvgIpc) is 2.78. The predicted molar refractivity (Wildman–Crippen MR) is 72.9 cm³/mol. The van der Waals surface area contributed by atoms with E-state index in [0.29, 0.717) is 12.1 Å². The molecule has 2 aromatic rings. The maximum Gasteiger partial charge on any atom is 0.183 e. The quantitative estimate of drug-likeness (QED) is 0.914. The number of nitrogens with zero attached hydrogens (tertiary/aromatic N) is 1. The molecule has 0 radical (unpaired) electrons. The smallest absolute Gasteiger partial charge is 0.183 e. The zero-order valence-electron chi connectivity index (χ0n) is 9.34. The van der Waals surface area contributed by atoms with Gasteiger partial charge >= 0.3 is 0 Å². The fraction of sp³-hybridized carbons (Fsp3) is 0.250. The van der Waals surface area contributed by atoms with E-state index >= 15 is 0 Å². The van der Waals surface area contributed by atoms with E-state index in [4.69, 9.17) is 0 Å². The van der Waals surface area contributed by atoms with Crippen LogP contribution in [0.5, 0.6) is 0 Å². The van der Waals surface area contributed by atoms with Crippen LogP contribution < -0.4 is 5.32 Å². The average molecular weight is 315 g/mol. The molecule has 0 saturated carbocycles. The summed E-state index contributed by atoms with van der Waals surface area (Å²) in [7, 11) is 0. The van der Waals surface area contributed by atoms with Gasteiger partial charge in [0.15, 0.2) is 5.13 Å². The number of hydrogen-bond acceptors (Lipinski definition) is 3. The van der Waals surface area contributed by atoms with Crippen LogP contribution in [-0.2, 0) is 13.0 Å². The van der Waals surface area contributed by atoms with E-state index < -0.39 is 0 Å². The third-order valence-corrected chi connectivity index (χ3v) is 3.69. The molecule has 0 saturated heterocycles. The molecule has 2 rings (SSSR count). The number of aromatic nitrogens is 1. The largest absolute Gasteiger partial charge is 0.357 e. The number of halogens is 2. The topological polar surface area (TPSA) is 24.9 Å². The van der Waals surface area contributed by atoms with Gasteiger partial charge < -0.3 is 5.32 Å². The van der Waals surface area contributed by atoms with Crippen molar-refractivity contribution in [2.75, 3.05) is 5.32 Å². The van der Waals surface area contributed by atoms with E-state index in [1.165, 1.54) is 6.07 Å². The first-order valence-electron chi connectivity index (χ1n) is 5.31. The van der Waals surface area contributed by atoms with E-state index in [2.05, 4.69) is 33.2 Å². The standard InChI is InChI=1S/C12H12BrFN2S/c1-2-10-7-17-12(16-10)15-6-8-5-9(13)3-4-11(8)14/h3-5,7H,2,6H2,1H3,(H,15,16). The molecule has 5 heteroatoms. The van der Waals surface area contributed by atoms with Crippen LogP contribution in [0.4, 0.5) is 9.52 Å². The molecule has 0 aliphatic heterocycles. The molecule has 1 aromatic carbocycles. The van der Waals surface area contributed by atoms with E-state index in [0.717, 1.165) is 21.7 Å². The normalized spacial score (nSPS) is 10.5. The Balaban J connectivity index is 2.04. The van der Waals surface area contributed by atoms with Crippen LogP contribution in [0.2, 0.25) is 0 Å². The van der Waals surface area contributed by atoms with Gasteiger partial charge in [0.1, 0.15) is 5.82 Å². The van der Waals surface area contributed by atoms with Crippen molar-refractivity contribution in [1.82, 2.24) is 4.98 Å². The third-order valence-electron chi connectivity index (χ3n) is 2.35. The van der Waals surface area contributed by atoms with Crippen molar-refractivity contribution in [3.05, 3.63) is 45.1 Å². The first kappa shape index (κ1) is 12.5. The summed E-state index contributed by atoms with van der Waals surface area (Å²) in [6.45, 7) is 2.51. The second-order valence-corrected chi connectivity index (χ2v) is 5.36. The molecule has 90 valence electrons. The number of rotatable bonds is 4. The highest BCUT2D eigenvalue weighted by Crippen LogP contribution is 2.19. The molecule has 1 aromatic heterocycles. The highest BCUT2D eigenvalue weighted by Gasteiger charge is 2.04. The summed E-state index contributed by atoms with van der Waals surface area (Å²) in [5, 5.41) is 5.98. The molecule has 2 nitrogen and oxygen atoms in total. The minimum atomic E-state index is -0.201. The fourth-order valence-electron chi connectivity index (χ4n) is 1.40. The first-order chi connectivity index (χ1) is 8.19. The molecule has 0 atom stereocenters. The maximum absolute atomic E-state index is 13.5. The van der Waals surface area contributed by atoms with Crippen molar-refractivity contribution in [2.24, 2.45) is 0 Å². The molecule has 0 aliphatic carbocycles. The van der Waals surface area contributed by atoms with Crippen molar-refractivity contribution in [3.8, 4) is 0 Å². The number of anilines is 1. The summed E-state index contributed by atoms with van der Waals surface area (Å²) in [4.78, 5) is 4.37. The molecular formula is C12H12BrFN2S. The molecular weight excluding hydrogens is 303 g/mol. The Morgan fingerprint density at radius 3 is 3.00 bits per heavy atom. The third kappa shape index (κ3) is 3.26. The first-order valence-corrected chi connectivity index (χ1v) is 6.98. The van der Waals surface area contributed by atoms with Gasteiger partial charge in [-0.25, -0.2) is 9.37 Å². The zero-order valence-corrected chi connectivity index (χ0v) is 11.7. The summed E-state index contributed by atoms with van der Waals surface area (Å²) in [5.41, 5.74) is 1.69. The minimum absolute atomic E-state index is 0.201.